The van der Waals surface area contributed by atoms with Crippen LogP contribution < -0.4 is 14.8 Å². The van der Waals surface area contributed by atoms with Gasteiger partial charge in [-0.3, -0.25) is 4.79 Å². The smallest absolute Gasteiger partial charge is 0.224 e. The number of amides is 1. The summed E-state index contributed by atoms with van der Waals surface area (Å²) in [5.74, 6) is 1.09. The van der Waals surface area contributed by atoms with Crippen molar-refractivity contribution in [1.82, 2.24) is 10.3 Å². The Kier molecular flexibility index (Phi) is 5.03. The fraction of sp³-hybridized carbons (Fsp3) is 0.375. The lowest BCUT2D eigenvalue weighted by Gasteiger charge is -2.11. The van der Waals surface area contributed by atoms with Crippen molar-refractivity contribution < 1.29 is 14.3 Å². The lowest BCUT2D eigenvalue weighted by molar-refractivity contribution is -0.120. The molecule has 3 rings (SSSR count). The molecule has 0 spiro atoms. The summed E-state index contributed by atoms with van der Waals surface area (Å²) in [6.07, 6.45) is 1.05. The summed E-state index contributed by atoms with van der Waals surface area (Å²) in [5.41, 5.74) is 1.76. The number of aromatic nitrogens is 1. The van der Waals surface area contributed by atoms with Crippen molar-refractivity contribution in [2.75, 3.05) is 13.2 Å². The maximum absolute atomic E-state index is 12.1. The Morgan fingerprint density at radius 1 is 1.39 bits per heavy atom. The van der Waals surface area contributed by atoms with Crippen LogP contribution in [-0.4, -0.2) is 24.1 Å². The lowest BCUT2D eigenvalue weighted by atomic mass is 10.1. The molecular weight excluding hydrogens is 336 g/mol. The van der Waals surface area contributed by atoms with E-state index in [0.717, 1.165) is 22.7 Å². The van der Waals surface area contributed by atoms with Crippen LogP contribution in [0.15, 0.2) is 17.5 Å². The number of hydrogen-bond acceptors (Lipinski definition) is 5. The number of ether oxygens (including phenoxy) is 2. The first kappa shape index (κ1) is 16.1. The minimum absolute atomic E-state index is 0.0802. The largest absolute Gasteiger partial charge is 0.489 e. The molecule has 2 heterocycles. The zero-order chi connectivity index (χ0) is 16.2. The van der Waals surface area contributed by atoms with Gasteiger partial charge in [-0.25, -0.2) is 4.98 Å². The maximum atomic E-state index is 12.1. The molecule has 0 saturated carbocycles. The number of hydrogen-bond donors (Lipinski definition) is 1. The van der Waals surface area contributed by atoms with Crippen molar-refractivity contribution in [3.05, 3.63) is 38.8 Å². The summed E-state index contributed by atoms with van der Waals surface area (Å²) in [7, 11) is 0. The molecule has 1 N–H and O–H groups in total. The third-order valence-corrected chi connectivity index (χ3v) is 4.58. The predicted octanol–water partition coefficient (Wildman–Crippen LogP) is 3.13. The topological polar surface area (TPSA) is 60.5 Å². The average Bonchev–Trinajstić information content (AvgIpc) is 2.78. The van der Waals surface area contributed by atoms with Crippen LogP contribution in [0.3, 0.4) is 0 Å². The molecule has 1 aromatic heterocycles. The molecule has 0 bridgehead atoms. The van der Waals surface area contributed by atoms with Gasteiger partial charge in [0.2, 0.25) is 5.91 Å². The highest BCUT2D eigenvalue weighted by Crippen LogP contribution is 2.38. The van der Waals surface area contributed by atoms with E-state index in [-0.39, 0.29) is 12.3 Å². The van der Waals surface area contributed by atoms with Crippen LogP contribution in [0.25, 0.3) is 0 Å². The Bertz CT molecular complexity index is 717. The lowest BCUT2D eigenvalue weighted by Crippen LogP contribution is -2.24. The van der Waals surface area contributed by atoms with Crippen molar-refractivity contribution >= 4 is 28.8 Å². The third kappa shape index (κ3) is 4.14. The van der Waals surface area contributed by atoms with Crippen LogP contribution in [-0.2, 0) is 17.8 Å². The molecule has 0 fully saturated rings. The van der Waals surface area contributed by atoms with Crippen LogP contribution >= 0.6 is 22.9 Å². The number of thiazole rings is 1. The van der Waals surface area contributed by atoms with E-state index in [1.54, 1.807) is 6.07 Å². The standard InChI is InChI=1S/C16H17ClN2O3S/c1-10-9-23-15(19-10)8-18-14(20)7-11-5-12(17)16-13(6-11)21-3-2-4-22-16/h5-6,9H,2-4,7-8H2,1H3,(H,18,20). The quantitative estimate of drug-likeness (QED) is 0.918. The minimum atomic E-state index is -0.0802. The number of rotatable bonds is 4. The number of nitrogens with one attached hydrogen (secondary N) is 1. The monoisotopic (exact) mass is 352 g/mol. The fourth-order valence-electron chi connectivity index (χ4n) is 2.29. The van der Waals surface area contributed by atoms with E-state index in [4.69, 9.17) is 21.1 Å². The molecule has 1 aromatic carbocycles. The van der Waals surface area contributed by atoms with Gasteiger partial charge in [-0.05, 0) is 24.6 Å². The summed E-state index contributed by atoms with van der Waals surface area (Å²) < 4.78 is 11.2. The number of aryl methyl sites for hydroxylation is 1. The van der Waals surface area contributed by atoms with Crippen LogP contribution in [0, 0.1) is 6.92 Å². The third-order valence-electron chi connectivity index (χ3n) is 3.33. The van der Waals surface area contributed by atoms with Crippen molar-refractivity contribution in [2.24, 2.45) is 0 Å². The summed E-state index contributed by atoms with van der Waals surface area (Å²) in [6, 6.07) is 3.57. The number of fused-ring (bicyclic) bond motifs is 1. The van der Waals surface area contributed by atoms with Crippen LogP contribution in [0.2, 0.25) is 5.02 Å². The minimum Gasteiger partial charge on any atom is -0.489 e. The van der Waals surface area contributed by atoms with Gasteiger partial charge >= 0.3 is 0 Å². The number of nitrogens with zero attached hydrogens (tertiary/aromatic N) is 1. The van der Waals surface area contributed by atoms with Crippen LogP contribution in [0.4, 0.5) is 0 Å². The second-order valence-electron chi connectivity index (χ2n) is 5.29. The molecule has 122 valence electrons. The van der Waals surface area contributed by atoms with Crippen LogP contribution in [0.5, 0.6) is 11.5 Å². The molecule has 0 saturated heterocycles. The molecule has 2 aromatic rings. The van der Waals surface area contributed by atoms with Gasteiger partial charge in [0.1, 0.15) is 5.01 Å². The van der Waals surface area contributed by atoms with E-state index in [1.165, 1.54) is 11.3 Å². The first-order valence-electron chi connectivity index (χ1n) is 7.37. The molecule has 7 heteroatoms. The predicted molar refractivity (Wildman–Crippen MR) is 89.5 cm³/mol. The van der Waals surface area contributed by atoms with Gasteiger partial charge in [-0.1, -0.05) is 11.6 Å². The highest BCUT2D eigenvalue weighted by molar-refractivity contribution is 7.09. The highest BCUT2D eigenvalue weighted by atomic mass is 35.5. The molecule has 5 nitrogen and oxygen atoms in total. The van der Waals surface area contributed by atoms with E-state index in [1.807, 2.05) is 18.4 Å². The van der Waals surface area contributed by atoms with Gasteiger partial charge in [0.05, 0.1) is 31.2 Å². The van der Waals surface area contributed by atoms with Gasteiger partial charge in [0, 0.05) is 17.5 Å². The maximum Gasteiger partial charge on any atom is 0.224 e. The number of halogens is 1. The number of carbonyl (C=O) groups excluding carboxylic acids is 1. The summed E-state index contributed by atoms with van der Waals surface area (Å²) in [4.78, 5) is 16.4. The van der Waals surface area contributed by atoms with Crippen molar-refractivity contribution in [3.63, 3.8) is 0 Å². The van der Waals surface area contributed by atoms with Gasteiger partial charge in [-0.15, -0.1) is 11.3 Å². The molecule has 1 aliphatic heterocycles. The summed E-state index contributed by atoms with van der Waals surface area (Å²) >= 11 is 7.77. The Morgan fingerprint density at radius 3 is 3.00 bits per heavy atom. The molecule has 1 amide bonds. The first-order chi connectivity index (χ1) is 11.1. The molecule has 1 aliphatic rings. The molecule has 0 radical (unpaired) electrons. The SMILES string of the molecule is Cc1csc(CNC(=O)Cc2cc(Cl)c3c(c2)OCCCO3)n1. The van der Waals surface area contributed by atoms with E-state index < -0.39 is 0 Å². The van der Waals surface area contributed by atoms with E-state index in [0.29, 0.717) is 36.3 Å². The zero-order valence-corrected chi connectivity index (χ0v) is 14.3. The first-order valence-corrected chi connectivity index (χ1v) is 8.63. The van der Waals surface area contributed by atoms with E-state index in [9.17, 15) is 4.79 Å². The van der Waals surface area contributed by atoms with Gasteiger partial charge in [0.15, 0.2) is 11.5 Å². The molecule has 0 aliphatic carbocycles. The molecule has 0 unspecified atom stereocenters. The van der Waals surface area contributed by atoms with Crippen molar-refractivity contribution in [2.45, 2.75) is 26.3 Å². The Morgan fingerprint density at radius 2 is 2.22 bits per heavy atom. The second-order valence-corrected chi connectivity index (χ2v) is 6.64. The van der Waals surface area contributed by atoms with Gasteiger partial charge in [0.25, 0.3) is 0 Å². The number of carbonyl (C=O) groups is 1. The Hall–Kier alpha value is -1.79. The molecule has 0 atom stereocenters. The zero-order valence-electron chi connectivity index (χ0n) is 12.7. The highest BCUT2D eigenvalue weighted by Gasteiger charge is 2.16. The van der Waals surface area contributed by atoms with E-state index >= 15 is 0 Å². The Balaban J connectivity index is 1.64. The molecule has 23 heavy (non-hydrogen) atoms. The normalized spacial score (nSPS) is 13.5. The average molecular weight is 353 g/mol. The molecular formula is C16H17ClN2O3S. The van der Waals surface area contributed by atoms with E-state index in [2.05, 4.69) is 10.3 Å². The second kappa shape index (κ2) is 7.19. The number of benzene rings is 1. The summed E-state index contributed by atoms with van der Waals surface area (Å²) in [6.45, 7) is 3.54. The van der Waals surface area contributed by atoms with Gasteiger partial charge < -0.3 is 14.8 Å². The van der Waals surface area contributed by atoms with Crippen molar-refractivity contribution in [3.8, 4) is 11.5 Å². The Labute approximate surface area is 143 Å². The fourth-order valence-corrected chi connectivity index (χ4v) is 3.29. The van der Waals surface area contributed by atoms with Crippen LogP contribution in [0.1, 0.15) is 22.7 Å². The summed E-state index contributed by atoms with van der Waals surface area (Å²) in [5, 5.41) is 6.20. The van der Waals surface area contributed by atoms with Crippen molar-refractivity contribution in [1.29, 1.82) is 0 Å². The van der Waals surface area contributed by atoms with Gasteiger partial charge in [-0.2, -0.15) is 0 Å².